The fraction of sp³-hybridized carbons (Fsp3) is 0.771. The van der Waals surface area contributed by atoms with Crippen LogP contribution in [0.15, 0.2) is 0 Å². The van der Waals surface area contributed by atoms with Crippen molar-refractivity contribution in [3.8, 4) is 0 Å². The Balaban J connectivity index is 3.25. The Kier molecular flexibility index (Phi) is 29.1. The molecule has 0 aromatic heterocycles. The molecule has 0 aliphatic carbocycles. The highest BCUT2D eigenvalue weighted by molar-refractivity contribution is 8.01. The molecule has 1 aliphatic rings. The van der Waals surface area contributed by atoms with Gasteiger partial charge in [-0.2, -0.15) is 0 Å². The van der Waals surface area contributed by atoms with Gasteiger partial charge in [-0.25, -0.2) is 0 Å². The van der Waals surface area contributed by atoms with Crippen molar-refractivity contribution >= 4 is 94.8 Å². The van der Waals surface area contributed by atoms with Gasteiger partial charge in [0.15, 0.2) is 6.29 Å². The van der Waals surface area contributed by atoms with E-state index in [0.29, 0.717) is 6.42 Å². The predicted molar refractivity (Wildman–Crippen MR) is 219 cm³/mol. The molecule has 0 amide bonds. The first kappa shape index (κ1) is 55.9. The fourth-order valence-corrected chi connectivity index (χ4v) is 9.26. The maximum atomic E-state index is 11.6. The van der Waals surface area contributed by atoms with E-state index in [0.717, 1.165) is 47.0 Å². The molecule has 1 fully saturated rings. The van der Waals surface area contributed by atoms with E-state index in [1.54, 1.807) is 0 Å². The van der Waals surface area contributed by atoms with E-state index in [1.807, 2.05) is 0 Å². The third kappa shape index (κ3) is 24.4. The van der Waals surface area contributed by atoms with E-state index in [4.69, 9.17) is 48.8 Å². The molecule has 61 heavy (non-hydrogen) atoms. The highest BCUT2D eigenvalue weighted by Gasteiger charge is 2.48. The monoisotopic (exact) mass is 954 g/mol. The van der Waals surface area contributed by atoms with Crippen molar-refractivity contribution in [3.05, 3.63) is 0 Å². The van der Waals surface area contributed by atoms with Crippen molar-refractivity contribution in [2.75, 3.05) is 63.2 Å². The SMILES string of the molecule is COC1OC(COCCCSC(CC(=O)O)C(=O)O)C(OCCCSC(CC(=O)O)C(=O)O)C(OCCCSC(CC(=O)O)C(=O)O)C1OCCCSC(CC(=O)O)C(=O)O. The molecule has 0 bridgehead atoms. The molecule has 9 unspecified atom stereocenters. The predicted octanol–water partition coefficient (Wildman–Crippen LogP) is 1.73. The van der Waals surface area contributed by atoms with Crippen molar-refractivity contribution in [1.29, 1.82) is 0 Å². The smallest absolute Gasteiger partial charge is 0.317 e. The van der Waals surface area contributed by atoms with Gasteiger partial charge in [0.25, 0.3) is 0 Å². The molecular formula is C35H54O22S4. The van der Waals surface area contributed by atoms with E-state index < -0.39 is 125 Å². The Morgan fingerprint density at radius 3 is 1.10 bits per heavy atom. The van der Waals surface area contributed by atoms with Crippen LogP contribution in [0.4, 0.5) is 0 Å². The van der Waals surface area contributed by atoms with E-state index in [2.05, 4.69) is 0 Å². The van der Waals surface area contributed by atoms with Gasteiger partial charge in [0.05, 0.1) is 32.3 Å². The molecule has 1 aliphatic heterocycles. The third-order valence-corrected chi connectivity index (χ3v) is 13.3. The normalized spacial score (nSPS) is 20.8. The second kappa shape index (κ2) is 31.7. The number of thioether (sulfide) groups is 4. The van der Waals surface area contributed by atoms with E-state index in [-0.39, 0.29) is 75.3 Å². The standard InChI is InChI=1S/C35H54O22S4/c1-52-35-30(56-9-5-13-61-23(34(50)51)17-27(42)43)29(55-8-4-12-60-22(33(48)49)16-26(40)41)28(54-7-3-11-59-21(32(46)47)15-25(38)39)19(57-35)18-53-6-2-10-58-20(31(44)45)14-24(36)37/h19-23,28-30,35H,2-18H2,1H3,(H,36,37)(H,38,39)(H,40,41)(H,42,43)(H,44,45)(H,46,47)(H,48,49)(H,50,51). The van der Waals surface area contributed by atoms with E-state index in [1.165, 1.54) is 7.11 Å². The molecular weight excluding hydrogens is 901 g/mol. The summed E-state index contributed by atoms with van der Waals surface area (Å²) in [5.74, 6) is -9.39. The number of hydrogen-bond donors (Lipinski definition) is 8. The summed E-state index contributed by atoms with van der Waals surface area (Å²) in [5.41, 5.74) is 0. The van der Waals surface area contributed by atoms with Crippen LogP contribution in [0, 0.1) is 0 Å². The first-order chi connectivity index (χ1) is 28.9. The number of carbonyl (C=O) groups is 8. The number of rotatable bonds is 38. The lowest BCUT2D eigenvalue weighted by molar-refractivity contribution is -0.318. The first-order valence-corrected chi connectivity index (χ1v) is 22.9. The van der Waals surface area contributed by atoms with Crippen LogP contribution in [-0.4, -0.2) is 203 Å². The first-order valence-electron chi connectivity index (χ1n) is 18.7. The van der Waals surface area contributed by atoms with Gasteiger partial charge in [-0.05, 0) is 48.7 Å². The van der Waals surface area contributed by atoms with Crippen LogP contribution in [0.5, 0.6) is 0 Å². The Morgan fingerprint density at radius 1 is 0.475 bits per heavy atom. The molecule has 1 rings (SSSR count). The van der Waals surface area contributed by atoms with Crippen LogP contribution in [0.2, 0.25) is 0 Å². The van der Waals surface area contributed by atoms with Gasteiger partial charge >= 0.3 is 47.8 Å². The quantitative estimate of drug-likeness (QED) is 0.0409. The van der Waals surface area contributed by atoms with Gasteiger partial charge in [-0.3, -0.25) is 38.4 Å². The fourth-order valence-electron chi connectivity index (χ4n) is 5.37. The lowest BCUT2D eigenvalue weighted by Crippen LogP contribution is -2.62. The second-order valence-electron chi connectivity index (χ2n) is 13.0. The minimum Gasteiger partial charge on any atom is -0.481 e. The summed E-state index contributed by atoms with van der Waals surface area (Å²) in [6.07, 6.45) is -6.31. The van der Waals surface area contributed by atoms with E-state index >= 15 is 0 Å². The summed E-state index contributed by atoms with van der Waals surface area (Å²) in [6, 6.07) is 0. The van der Waals surface area contributed by atoms with Crippen LogP contribution < -0.4 is 0 Å². The topological polar surface area (TPSA) is 354 Å². The van der Waals surface area contributed by atoms with Crippen LogP contribution in [-0.2, 0) is 66.8 Å². The summed E-state index contributed by atoms with van der Waals surface area (Å²) >= 11 is 3.69. The van der Waals surface area contributed by atoms with Crippen molar-refractivity contribution in [2.24, 2.45) is 0 Å². The average molecular weight is 955 g/mol. The summed E-state index contributed by atoms with van der Waals surface area (Å²) in [6.45, 7) is -0.0766. The minimum absolute atomic E-state index is 0.00689. The largest absolute Gasteiger partial charge is 0.481 e. The summed E-state index contributed by atoms with van der Waals surface area (Å²) < 4.78 is 36.5. The molecule has 26 heteroatoms. The van der Waals surface area contributed by atoms with Crippen LogP contribution in [0.1, 0.15) is 51.4 Å². The Bertz CT molecular complexity index is 1410. The van der Waals surface area contributed by atoms with Crippen molar-refractivity contribution < 1.29 is 108 Å². The molecule has 0 aromatic rings. The number of aliphatic carboxylic acids is 8. The van der Waals surface area contributed by atoms with Crippen molar-refractivity contribution in [3.63, 3.8) is 0 Å². The van der Waals surface area contributed by atoms with Gasteiger partial charge in [0, 0.05) is 33.5 Å². The van der Waals surface area contributed by atoms with Crippen LogP contribution in [0.25, 0.3) is 0 Å². The highest BCUT2D eigenvalue weighted by atomic mass is 32.2. The van der Waals surface area contributed by atoms with E-state index in [9.17, 15) is 58.8 Å². The number of ether oxygens (including phenoxy) is 6. The third-order valence-electron chi connectivity index (χ3n) is 8.15. The van der Waals surface area contributed by atoms with Gasteiger partial charge in [0.2, 0.25) is 0 Å². The number of hydrogen-bond acceptors (Lipinski definition) is 18. The Labute approximate surface area is 367 Å². The molecule has 1 heterocycles. The lowest BCUT2D eigenvalue weighted by Gasteiger charge is -2.45. The summed E-state index contributed by atoms with van der Waals surface area (Å²) in [4.78, 5) is 90.4. The maximum Gasteiger partial charge on any atom is 0.317 e. The molecule has 9 atom stereocenters. The van der Waals surface area contributed by atoms with Gasteiger partial charge in [0.1, 0.15) is 45.4 Å². The van der Waals surface area contributed by atoms with Crippen LogP contribution >= 0.6 is 47.0 Å². The minimum atomic E-state index is -1.29. The molecule has 22 nitrogen and oxygen atoms in total. The van der Waals surface area contributed by atoms with Gasteiger partial charge in [-0.15, -0.1) is 47.0 Å². The number of carboxylic acids is 8. The van der Waals surface area contributed by atoms with Crippen LogP contribution in [0.3, 0.4) is 0 Å². The summed E-state index contributed by atoms with van der Waals surface area (Å²) in [5, 5.41) is 69.0. The molecule has 0 aromatic carbocycles. The average Bonchev–Trinajstić information content (AvgIpc) is 3.16. The zero-order valence-corrected chi connectivity index (χ0v) is 36.4. The molecule has 350 valence electrons. The zero-order valence-electron chi connectivity index (χ0n) is 33.1. The highest BCUT2D eigenvalue weighted by Crippen LogP contribution is 2.31. The van der Waals surface area contributed by atoms with Gasteiger partial charge in [-0.1, -0.05) is 0 Å². The van der Waals surface area contributed by atoms with Crippen molar-refractivity contribution in [1.82, 2.24) is 0 Å². The lowest BCUT2D eigenvalue weighted by atomic mass is 9.98. The molecule has 0 radical (unpaired) electrons. The molecule has 1 saturated heterocycles. The Morgan fingerprint density at radius 2 is 0.787 bits per heavy atom. The molecule has 0 saturated carbocycles. The Hall–Kier alpha value is -3.08. The maximum absolute atomic E-state index is 11.6. The zero-order chi connectivity index (χ0) is 45.9. The van der Waals surface area contributed by atoms with Crippen molar-refractivity contribution in [2.45, 2.75) is 103 Å². The van der Waals surface area contributed by atoms with Gasteiger partial charge < -0.3 is 69.3 Å². The number of carboxylic acid groups (broad SMARTS) is 8. The molecule has 0 spiro atoms. The second-order valence-corrected chi connectivity index (χ2v) is 18.2. The summed E-state index contributed by atoms with van der Waals surface area (Å²) in [7, 11) is 1.34. The number of methoxy groups -OCH3 is 1. The molecule has 8 N–H and O–H groups in total.